The highest BCUT2D eigenvalue weighted by Gasteiger charge is 2.72. The zero-order valence-corrected chi connectivity index (χ0v) is 12.8. The summed E-state index contributed by atoms with van der Waals surface area (Å²) in [4.78, 5) is 11.4. The molecule has 4 rings (SSSR count). The van der Waals surface area contributed by atoms with E-state index in [4.69, 9.17) is 4.74 Å². The maximum atomic E-state index is 13.0. The van der Waals surface area contributed by atoms with Crippen LogP contribution in [0.1, 0.15) is 59.8 Å². The summed E-state index contributed by atoms with van der Waals surface area (Å²) in [5.41, 5.74) is 0.635. The molecule has 2 unspecified atom stereocenters. The van der Waals surface area contributed by atoms with Crippen molar-refractivity contribution in [1.29, 1.82) is 0 Å². The molecule has 20 heavy (non-hydrogen) atoms. The summed E-state index contributed by atoms with van der Waals surface area (Å²) < 4.78 is 31.0. The van der Waals surface area contributed by atoms with Gasteiger partial charge in [0.15, 0.2) is 0 Å². The van der Waals surface area contributed by atoms with Crippen LogP contribution in [0.2, 0.25) is 0 Å². The van der Waals surface area contributed by atoms with Crippen molar-refractivity contribution < 1.29 is 18.3 Å². The Kier molecular flexibility index (Phi) is 2.54. The minimum absolute atomic E-state index is 0.0876. The highest BCUT2D eigenvalue weighted by molar-refractivity contribution is 5.76. The molecule has 0 amide bonds. The molecule has 0 spiro atoms. The van der Waals surface area contributed by atoms with Crippen LogP contribution in [0.4, 0.5) is 8.78 Å². The Hall–Kier alpha value is -0.670. The van der Waals surface area contributed by atoms with E-state index in [1.165, 1.54) is 6.42 Å². The van der Waals surface area contributed by atoms with Crippen molar-refractivity contribution in [2.24, 2.45) is 21.7 Å². The summed E-state index contributed by atoms with van der Waals surface area (Å²) in [6, 6.07) is 0. The molecule has 4 bridgehead atoms. The second-order valence-corrected chi connectivity index (χ2v) is 8.81. The van der Waals surface area contributed by atoms with Crippen LogP contribution < -0.4 is 0 Å². The molecule has 2 nitrogen and oxygen atoms in total. The number of esters is 1. The minimum atomic E-state index is -3.39. The Morgan fingerprint density at radius 1 is 1.05 bits per heavy atom. The number of carbonyl (C=O) groups is 1. The zero-order chi connectivity index (χ0) is 15.0. The van der Waals surface area contributed by atoms with E-state index in [0.29, 0.717) is 17.8 Å². The van der Waals surface area contributed by atoms with E-state index in [2.05, 4.69) is 20.8 Å². The molecule has 4 heteroatoms. The number of alkyl halides is 2. The van der Waals surface area contributed by atoms with Crippen LogP contribution in [0.3, 0.4) is 0 Å². The fourth-order valence-electron chi connectivity index (χ4n) is 6.46. The molecule has 0 heterocycles. The first-order valence-electron chi connectivity index (χ1n) is 7.46. The van der Waals surface area contributed by atoms with Gasteiger partial charge in [-0.05, 0) is 48.3 Å². The summed E-state index contributed by atoms with van der Waals surface area (Å²) in [5.74, 6) is -4.77. The number of halogens is 2. The van der Waals surface area contributed by atoms with E-state index in [1.54, 1.807) is 0 Å². The third kappa shape index (κ3) is 1.82. The quantitative estimate of drug-likeness (QED) is 0.727. The monoisotopic (exact) mass is 286 g/mol. The van der Waals surface area contributed by atoms with Crippen molar-refractivity contribution in [3.05, 3.63) is 0 Å². The lowest BCUT2D eigenvalue weighted by Crippen LogP contribution is -2.39. The number of ether oxygens (including phenoxy) is 1. The smallest absolute Gasteiger partial charge is 0.376 e. The average molecular weight is 286 g/mol. The van der Waals surface area contributed by atoms with Crippen LogP contribution in [0.15, 0.2) is 0 Å². The second kappa shape index (κ2) is 3.56. The standard InChI is InChI=1S/C16H24F2O2/c1-12-5-13(2)7-14(3,6-12)16(8-12,9-13)10-20-11(19)15(4,17)18/h5-10H2,1-4H3. The van der Waals surface area contributed by atoms with Crippen LogP contribution in [0.5, 0.6) is 0 Å². The third-order valence-electron chi connectivity index (χ3n) is 6.14. The van der Waals surface area contributed by atoms with Gasteiger partial charge >= 0.3 is 11.9 Å². The van der Waals surface area contributed by atoms with Crippen LogP contribution in [0.25, 0.3) is 0 Å². The normalized spacial score (nSPS) is 49.7. The average Bonchev–Trinajstić information content (AvgIpc) is 2.45. The van der Waals surface area contributed by atoms with Gasteiger partial charge in [0.05, 0.1) is 6.61 Å². The first kappa shape index (κ1) is 14.3. The summed E-state index contributed by atoms with van der Waals surface area (Å²) in [5, 5.41) is 0. The molecule has 0 radical (unpaired) electrons. The van der Waals surface area contributed by atoms with E-state index in [-0.39, 0.29) is 17.4 Å². The molecule has 0 aromatic heterocycles. The number of carbonyl (C=O) groups excluding carboxylic acids is 1. The summed E-state index contributed by atoms with van der Waals surface area (Å²) >= 11 is 0. The molecule has 4 fully saturated rings. The highest BCUT2D eigenvalue weighted by atomic mass is 19.3. The SMILES string of the molecule is CC12CC3(C)CC(C)(C1)C(COC(=O)C(C)(F)F)(C2)C3. The molecule has 4 saturated carbocycles. The van der Waals surface area contributed by atoms with E-state index in [1.807, 2.05) is 0 Å². The predicted octanol–water partition coefficient (Wildman–Crippen LogP) is 4.18. The van der Waals surface area contributed by atoms with Gasteiger partial charge in [-0.2, -0.15) is 8.78 Å². The molecule has 4 aliphatic carbocycles. The lowest BCUT2D eigenvalue weighted by molar-refractivity contribution is -0.175. The van der Waals surface area contributed by atoms with Gasteiger partial charge in [0.25, 0.3) is 0 Å². The van der Waals surface area contributed by atoms with E-state index < -0.39 is 11.9 Å². The number of hydrogen-bond donors (Lipinski definition) is 0. The van der Waals surface area contributed by atoms with Gasteiger partial charge in [0.1, 0.15) is 0 Å². The molecule has 4 aliphatic rings. The van der Waals surface area contributed by atoms with Gasteiger partial charge in [-0.3, -0.25) is 0 Å². The van der Waals surface area contributed by atoms with Gasteiger partial charge in [-0.15, -0.1) is 0 Å². The second-order valence-electron chi connectivity index (χ2n) is 8.81. The molecule has 0 aliphatic heterocycles. The summed E-state index contributed by atoms with van der Waals surface area (Å²) in [6.45, 7) is 7.65. The van der Waals surface area contributed by atoms with E-state index >= 15 is 0 Å². The fraction of sp³-hybridized carbons (Fsp3) is 0.938. The van der Waals surface area contributed by atoms with Crippen molar-refractivity contribution in [3.8, 4) is 0 Å². The molecule has 114 valence electrons. The van der Waals surface area contributed by atoms with Crippen molar-refractivity contribution in [1.82, 2.24) is 0 Å². The molecular formula is C16H24F2O2. The first-order chi connectivity index (χ1) is 8.91. The lowest BCUT2D eigenvalue weighted by atomic mass is 9.61. The molecule has 0 saturated heterocycles. The Balaban J connectivity index is 1.82. The molecular weight excluding hydrogens is 262 g/mol. The largest absolute Gasteiger partial charge is 0.461 e. The van der Waals surface area contributed by atoms with Crippen LogP contribution >= 0.6 is 0 Å². The Morgan fingerprint density at radius 3 is 2.00 bits per heavy atom. The molecule has 0 aromatic carbocycles. The summed E-state index contributed by atoms with van der Waals surface area (Å²) in [6.07, 6.45) is 5.50. The van der Waals surface area contributed by atoms with Gasteiger partial charge in [0, 0.05) is 12.3 Å². The summed E-state index contributed by atoms with van der Waals surface area (Å²) in [7, 11) is 0. The van der Waals surface area contributed by atoms with Gasteiger partial charge in [0.2, 0.25) is 0 Å². The maximum absolute atomic E-state index is 13.0. The fourth-order valence-corrected chi connectivity index (χ4v) is 6.46. The zero-order valence-electron chi connectivity index (χ0n) is 12.8. The number of hydrogen-bond acceptors (Lipinski definition) is 2. The number of rotatable bonds is 3. The first-order valence-corrected chi connectivity index (χ1v) is 7.46. The maximum Gasteiger partial charge on any atom is 0.376 e. The molecule has 2 atom stereocenters. The van der Waals surface area contributed by atoms with Gasteiger partial charge in [-0.25, -0.2) is 4.79 Å². The third-order valence-corrected chi connectivity index (χ3v) is 6.14. The van der Waals surface area contributed by atoms with Gasteiger partial charge in [-0.1, -0.05) is 20.8 Å². The van der Waals surface area contributed by atoms with Gasteiger partial charge < -0.3 is 4.74 Å². The molecule has 0 N–H and O–H groups in total. The van der Waals surface area contributed by atoms with E-state index in [0.717, 1.165) is 25.7 Å². The Bertz CT molecular complexity index is 448. The van der Waals surface area contributed by atoms with E-state index in [9.17, 15) is 13.6 Å². The topological polar surface area (TPSA) is 26.3 Å². The Labute approximate surface area is 119 Å². The van der Waals surface area contributed by atoms with Crippen molar-refractivity contribution in [3.63, 3.8) is 0 Å². The Morgan fingerprint density at radius 2 is 1.55 bits per heavy atom. The van der Waals surface area contributed by atoms with Crippen LogP contribution in [-0.2, 0) is 9.53 Å². The highest BCUT2D eigenvalue weighted by Crippen LogP contribution is 2.79. The van der Waals surface area contributed by atoms with Crippen molar-refractivity contribution >= 4 is 5.97 Å². The minimum Gasteiger partial charge on any atom is -0.461 e. The van der Waals surface area contributed by atoms with Crippen LogP contribution in [-0.4, -0.2) is 18.5 Å². The van der Waals surface area contributed by atoms with Crippen LogP contribution in [0, 0.1) is 21.7 Å². The molecule has 0 aromatic rings. The predicted molar refractivity (Wildman–Crippen MR) is 71.4 cm³/mol. The van der Waals surface area contributed by atoms with Crippen molar-refractivity contribution in [2.45, 2.75) is 65.7 Å². The lowest BCUT2D eigenvalue weighted by Gasteiger charge is -2.44. The van der Waals surface area contributed by atoms with Crippen molar-refractivity contribution in [2.75, 3.05) is 6.61 Å².